The molecule has 3 aromatic carbocycles. The second-order valence-electron chi connectivity index (χ2n) is 10.3. The van der Waals surface area contributed by atoms with Gasteiger partial charge in [0.15, 0.2) is 5.13 Å². The normalized spacial score (nSPS) is 15.6. The minimum Gasteiger partial charge on any atom is -0.507 e. The lowest BCUT2D eigenvalue weighted by molar-refractivity contribution is -0.132. The van der Waals surface area contributed by atoms with Crippen LogP contribution < -0.4 is 14.4 Å². The van der Waals surface area contributed by atoms with E-state index in [1.807, 2.05) is 38.1 Å². The summed E-state index contributed by atoms with van der Waals surface area (Å²) in [4.78, 5) is 45.7. The lowest BCUT2D eigenvalue weighted by Crippen LogP contribution is -2.29. The van der Waals surface area contributed by atoms with Gasteiger partial charge in [-0.15, -0.1) is 0 Å². The van der Waals surface area contributed by atoms with Crippen molar-refractivity contribution in [1.82, 2.24) is 4.98 Å². The molecule has 0 radical (unpaired) electrons. The van der Waals surface area contributed by atoms with E-state index in [1.54, 1.807) is 55.5 Å². The maximum absolute atomic E-state index is 13.6. The van der Waals surface area contributed by atoms with Gasteiger partial charge in [-0.25, -0.2) is 9.78 Å². The van der Waals surface area contributed by atoms with E-state index >= 15 is 0 Å². The van der Waals surface area contributed by atoms with Gasteiger partial charge in [-0.2, -0.15) is 0 Å². The first-order chi connectivity index (χ1) is 21.7. The number of ether oxygens (including phenoxy) is 3. The molecule has 230 valence electrons. The summed E-state index contributed by atoms with van der Waals surface area (Å²) in [5.41, 5.74) is 3.26. The van der Waals surface area contributed by atoms with E-state index in [4.69, 9.17) is 14.2 Å². The summed E-state index contributed by atoms with van der Waals surface area (Å²) in [5, 5.41) is 11.7. The van der Waals surface area contributed by atoms with Gasteiger partial charge in [-0.1, -0.05) is 66.0 Å². The van der Waals surface area contributed by atoms with Gasteiger partial charge >= 0.3 is 11.9 Å². The minimum absolute atomic E-state index is 0.0119. The first kappa shape index (κ1) is 31.2. The molecule has 1 aliphatic heterocycles. The lowest BCUT2D eigenvalue weighted by atomic mass is 9.95. The van der Waals surface area contributed by atoms with E-state index in [-0.39, 0.29) is 27.9 Å². The predicted molar refractivity (Wildman–Crippen MR) is 172 cm³/mol. The maximum atomic E-state index is 13.6. The molecule has 45 heavy (non-hydrogen) atoms. The molecule has 1 atom stereocenters. The Bertz CT molecular complexity index is 1770. The number of hydrogen-bond acceptors (Lipinski definition) is 9. The Morgan fingerprint density at radius 2 is 1.71 bits per heavy atom. The average molecular weight is 625 g/mol. The van der Waals surface area contributed by atoms with Gasteiger partial charge in [0, 0.05) is 5.56 Å². The topological polar surface area (TPSA) is 115 Å². The Morgan fingerprint density at radius 3 is 2.38 bits per heavy atom. The highest BCUT2D eigenvalue weighted by molar-refractivity contribution is 7.17. The number of amides is 1. The van der Waals surface area contributed by atoms with Crippen LogP contribution in [0.3, 0.4) is 0 Å². The third kappa shape index (κ3) is 6.66. The second-order valence-corrected chi connectivity index (χ2v) is 11.2. The molecule has 0 aliphatic carbocycles. The van der Waals surface area contributed by atoms with Gasteiger partial charge in [-0.3, -0.25) is 14.5 Å². The number of carbonyl (C=O) groups excluding carboxylic acids is 3. The molecule has 4 aromatic rings. The first-order valence-corrected chi connectivity index (χ1v) is 15.1. The number of aliphatic hydroxyl groups excluding tert-OH is 1. The van der Waals surface area contributed by atoms with Crippen LogP contribution >= 0.6 is 11.3 Å². The number of aryl methyl sites for hydroxylation is 2. The van der Waals surface area contributed by atoms with Crippen molar-refractivity contribution in [3.8, 4) is 11.5 Å². The summed E-state index contributed by atoms with van der Waals surface area (Å²) in [7, 11) is 0. The third-order valence-electron chi connectivity index (χ3n) is 7.08. The Balaban J connectivity index is 1.52. The van der Waals surface area contributed by atoms with Crippen molar-refractivity contribution in [3.05, 3.63) is 124 Å². The second kappa shape index (κ2) is 13.6. The van der Waals surface area contributed by atoms with Crippen LogP contribution in [0.4, 0.5) is 5.13 Å². The third-order valence-corrected chi connectivity index (χ3v) is 8.21. The number of thiazole rings is 1. The molecule has 5 rings (SSSR count). The highest BCUT2D eigenvalue weighted by Gasteiger charge is 2.48. The fraction of sp³-hybridized carbons (Fsp3) is 0.200. The molecule has 10 heteroatoms. The SMILES string of the molecule is C=CCOC(=O)c1sc(N2C(=O)C(=O)C(=C(O)c3ccc(OCc4cccc(C)c4)cc3)C2c2ccc(OCC)cc2)nc1C. The number of ketones is 1. The Labute approximate surface area is 265 Å². The van der Waals surface area contributed by atoms with Crippen LogP contribution in [0.5, 0.6) is 11.5 Å². The summed E-state index contributed by atoms with van der Waals surface area (Å²) in [5.74, 6) is -1.54. The van der Waals surface area contributed by atoms with Crippen LogP contribution in [0.2, 0.25) is 0 Å². The molecule has 1 N–H and O–H groups in total. The molecule has 2 heterocycles. The van der Waals surface area contributed by atoms with E-state index in [1.165, 1.54) is 11.0 Å². The number of esters is 1. The summed E-state index contributed by atoms with van der Waals surface area (Å²) in [6, 6.07) is 20.5. The predicted octanol–water partition coefficient (Wildman–Crippen LogP) is 6.71. The van der Waals surface area contributed by atoms with Gasteiger partial charge < -0.3 is 19.3 Å². The van der Waals surface area contributed by atoms with Crippen molar-refractivity contribution in [2.24, 2.45) is 0 Å². The zero-order chi connectivity index (χ0) is 32.1. The Morgan fingerprint density at radius 1 is 1.02 bits per heavy atom. The van der Waals surface area contributed by atoms with Crippen molar-refractivity contribution >= 4 is 39.9 Å². The van der Waals surface area contributed by atoms with E-state index < -0.39 is 23.7 Å². The van der Waals surface area contributed by atoms with Crippen molar-refractivity contribution in [1.29, 1.82) is 0 Å². The largest absolute Gasteiger partial charge is 0.507 e. The van der Waals surface area contributed by atoms with E-state index in [2.05, 4.69) is 11.6 Å². The monoisotopic (exact) mass is 624 g/mol. The number of aliphatic hydroxyl groups is 1. The lowest BCUT2D eigenvalue weighted by Gasteiger charge is -2.23. The van der Waals surface area contributed by atoms with Crippen LogP contribution in [0.15, 0.2) is 91.0 Å². The number of aromatic nitrogens is 1. The molecular weight excluding hydrogens is 592 g/mol. The van der Waals surface area contributed by atoms with E-state index in [0.29, 0.717) is 41.5 Å². The van der Waals surface area contributed by atoms with E-state index in [0.717, 1.165) is 22.5 Å². The molecule has 1 saturated heterocycles. The van der Waals surface area contributed by atoms with Crippen molar-refractivity contribution < 1.29 is 33.7 Å². The standard InChI is InChI=1S/C35H32N2O7S/c1-5-18-43-34(41)32-22(4)36-35(45-32)37-29(24-10-14-26(15-11-24)42-6-2)28(31(39)33(37)40)30(38)25-12-16-27(17-13-25)44-20-23-9-7-8-21(3)19-23/h5,7-17,19,29,38H,1,6,18,20H2,2-4H3. The molecule has 1 aromatic heterocycles. The number of Topliss-reactive ketones (excluding diaryl/α,β-unsaturated/α-hetero) is 1. The van der Waals surface area contributed by atoms with Gasteiger partial charge in [0.2, 0.25) is 0 Å². The van der Waals surface area contributed by atoms with Crippen molar-refractivity contribution in [2.75, 3.05) is 18.1 Å². The fourth-order valence-electron chi connectivity index (χ4n) is 4.97. The molecule has 1 fully saturated rings. The molecule has 0 bridgehead atoms. The number of nitrogens with zero attached hydrogens (tertiary/aromatic N) is 2. The minimum atomic E-state index is -1.03. The molecule has 0 saturated carbocycles. The van der Waals surface area contributed by atoms with Crippen molar-refractivity contribution in [2.45, 2.75) is 33.4 Å². The smallest absolute Gasteiger partial charge is 0.350 e. The van der Waals surface area contributed by atoms with Gasteiger partial charge in [-0.05, 0) is 68.3 Å². The van der Waals surface area contributed by atoms with Crippen LogP contribution in [-0.4, -0.2) is 41.0 Å². The summed E-state index contributed by atoms with van der Waals surface area (Å²) >= 11 is 0.934. The van der Waals surface area contributed by atoms with Crippen LogP contribution in [0.1, 0.15) is 50.6 Å². The molecule has 1 unspecified atom stereocenters. The number of hydrogen-bond donors (Lipinski definition) is 1. The quantitative estimate of drug-likeness (QED) is 0.0644. The number of benzene rings is 3. The molecule has 0 spiro atoms. The van der Waals surface area contributed by atoms with Crippen LogP contribution in [0.25, 0.3) is 5.76 Å². The Kier molecular flexibility index (Phi) is 9.44. The number of rotatable bonds is 11. The first-order valence-electron chi connectivity index (χ1n) is 14.3. The summed E-state index contributed by atoms with van der Waals surface area (Å²) in [6.07, 6.45) is 1.45. The Hall–Kier alpha value is -5.22. The zero-order valence-electron chi connectivity index (χ0n) is 25.1. The van der Waals surface area contributed by atoms with Crippen LogP contribution in [-0.2, 0) is 20.9 Å². The van der Waals surface area contributed by atoms with Gasteiger partial charge in [0.1, 0.15) is 35.3 Å². The van der Waals surface area contributed by atoms with Gasteiger partial charge in [0.25, 0.3) is 5.78 Å². The number of anilines is 1. The van der Waals surface area contributed by atoms with Crippen LogP contribution in [0, 0.1) is 13.8 Å². The highest BCUT2D eigenvalue weighted by Crippen LogP contribution is 2.44. The summed E-state index contributed by atoms with van der Waals surface area (Å²) in [6.45, 7) is 9.89. The zero-order valence-corrected chi connectivity index (χ0v) is 25.9. The fourth-order valence-corrected chi connectivity index (χ4v) is 5.95. The highest BCUT2D eigenvalue weighted by atomic mass is 32.1. The molecule has 9 nitrogen and oxygen atoms in total. The van der Waals surface area contributed by atoms with E-state index in [9.17, 15) is 19.5 Å². The maximum Gasteiger partial charge on any atom is 0.350 e. The molecular formula is C35H32N2O7S. The van der Waals surface area contributed by atoms with Crippen molar-refractivity contribution in [3.63, 3.8) is 0 Å². The average Bonchev–Trinajstić information content (AvgIpc) is 3.55. The van der Waals surface area contributed by atoms with Gasteiger partial charge in [0.05, 0.1) is 23.9 Å². The molecule has 1 aliphatic rings. The number of carbonyl (C=O) groups is 3. The summed E-state index contributed by atoms with van der Waals surface area (Å²) < 4.78 is 16.7. The molecule has 1 amide bonds.